The Balaban J connectivity index is 1.42. The van der Waals surface area contributed by atoms with Crippen LogP contribution in [0.2, 0.25) is 0 Å². The second-order valence-electron chi connectivity index (χ2n) is 6.57. The molecule has 4 rings (SSSR count). The molecule has 2 aliphatic rings. The van der Waals surface area contributed by atoms with E-state index in [-0.39, 0.29) is 17.8 Å². The molecule has 1 amide bonds. The van der Waals surface area contributed by atoms with Crippen molar-refractivity contribution in [3.05, 3.63) is 54.3 Å². The van der Waals surface area contributed by atoms with Gasteiger partial charge in [-0.1, -0.05) is 24.3 Å². The van der Waals surface area contributed by atoms with Gasteiger partial charge in [-0.2, -0.15) is 0 Å². The van der Waals surface area contributed by atoms with Crippen molar-refractivity contribution in [2.75, 3.05) is 31.1 Å². The number of rotatable bonds is 2. The zero-order chi connectivity index (χ0) is 18.1. The Hall–Kier alpha value is -2.76. The molecule has 2 atom stereocenters. The molecule has 6 heteroatoms. The van der Waals surface area contributed by atoms with Gasteiger partial charge in [0.15, 0.2) is 11.5 Å². The highest BCUT2D eigenvalue weighted by Gasteiger charge is 2.37. The van der Waals surface area contributed by atoms with Gasteiger partial charge in [-0.25, -0.2) is 4.39 Å². The highest BCUT2D eigenvalue weighted by molar-refractivity contribution is 5.82. The van der Waals surface area contributed by atoms with E-state index >= 15 is 0 Å². The molecule has 0 aliphatic carbocycles. The Kier molecular flexibility index (Phi) is 4.41. The monoisotopic (exact) mass is 356 g/mol. The summed E-state index contributed by atoms with van der Waals surface area (Å²) in [4.78, 5) is 16.7. The van der Waals surface area contributed by atoms with Crippen LogP contribution in [0.4, 0.5) is 10.1 Å². The molecule has 5 nitrogen and oxygen atoms in total. The quantitative estimate of drug-likeness (QED) is 0.830. The molecular formula is C20H21FN2O3. The minimum absolute atomic E-state index is 0.0832. The lowest BCUT2D eigenvalue weighted by molar-refractivity contribution is -0.144. The molecule has 26 heavy (non-hydrogen) atoms. The molecule has 0 spiro atoms. The van der Waals surface area contributed by atoms with Crippen molar-refractivity contribution < 1.29 is 18.7 Å². The first kappa shape index (κ1) is 16.7. The predicted molar refractivity (Wildman–Crippen MR) is 96.1 cm³/mol. The molecule has 2 heterocycles. The van der Waals surface area contributed by atoms with Crippen molar-refractivity contribution in [1.29, 1.82) is 0 Å². The molecule has 2 aliphatic heterocycles. The van der Waals surface area contributed by atoms with E-state index in [0.717, 1.165) is 0 Å². The first-order valence-corrected chi connectivity index (χ1v) is 8.84. The van der Waals surface area contributed by atoms with Gasteiger partial charge in [0.2, 0.25) is 6.10 Å². The third-order valence-corrected chi connectivity index (χ3v) is 4.87. The summed E-state index contributed by atoms with van der Waals surface area (Å²) < 4.78 is 25.7. The summed E-state index contributed by atoms with van der Waals surface area (Å²) in [5.41, 5.74) is 0.583. The fourth-order valence-corrected chi connectivity index (χ4v) is 3.45. The zero-order valence-electron chi connectivity index (χ0n) is 14.6. The average molecular weight is 356 g/mol. The molecule has 0 N–H and O–H groups in total. The summed E-state index contributed by atoms with van der Waals surface area (Å²) in [6.07, 6.45) is -1.02. The van der Waals surface area contributed by atoms with Gasteiger partial charge in [0.1, 0.15) is 11.9 Å². The lowest BCUT2D eigenvalue weighted by Gasteiger charge is -2.39. The van der Waals surface area contributed by atoms with Crippen LogP contribution in [0.25, 0.3) is 0 Å². The number of para-hydroxylation sites is 3. The van der Waals surface area contributed by atoms with Gasteiger partial charge in [-0.05, 0) is 31.2 Å². The van der Waals surface area contributed by atoms with E-state index in [1.807, 2.05) is 36.1 Å². The molecule has 0 radical (unpaired) electrons. The van der Waals surface area contributed by atoms with Gasteiger partial charge in [0, 0.05) is 26.2 Å². The van der Waals surface area contributed by atoms with E-state index in [0.29, 0.717) is 43.4 Å². The van der Waals surface area contributed by atoms with Gasteiger partial charge >= 0.3 is 0 Å². The largest absolute Gasteiger partial charge is 0.482 e. The molecule has 2 unspecified atom stereocenters. The van der Waals surface area contributed by atoms with Crippen molar-refractivity contribution >= 4 is 11.6 Å². The van der Waals surface area contributed by atoms with Crippen molar-refractivity contribution in [3.63, 3.8) is 0 Å². The van der Waals surface area contributed by atoms with E-state index in [2.05, 4.69) is 0 Å². The number of ether oxygens (including phenoxy) is 2. The Morgan fingerprint density at radius 2 is 1.58 bits per heavy atom. The number of hydrogen-bond acceptors (Lipinski definition) is 4. The number of halogens is 1. The molecule has 0 saturated carbocycles. The predicted octanol–water partition coefficient (Wildman–Crippen LogP) is 2.70. The van der Waals surface area contributed by atoms with Crippen LogP contribution in [-0.2, 0) is 4.79 Å². The third kappa shape index (κ3) is 3.07. The van der Waals surface area contributed by atoms with Crippen LogP contribution in [0.15, 0.2) is 48.5 Å². The van der Waals surface area contributed by atoms with Gasteiger partial charge in [-0.15, -0.1) is 0 Å². The number of piperazine rings is 1. The fourth-order valence-electron chi connectivity index (χ4n) is 3.45. The second-order valence-corrected chi connectivity index (χ2v) is 6.57. The van der Waals surface area contributed by atoms with Crippen LogP contribution in [0.5, 0.6) is 11.5 Å². The molecule has 2 aromatic rings. The number of nitrogens with zero attached hydrogens (tertiary/aromatic N) is 2. The van der Waals surface area contributed by atoms with Crippen molar-refractivity contribution in [3.8, 4) is 11.5 Å². The summed E-state index contributed by atoms with van der Waals surface area (Å²) in [6, 6.07) is 14.1. The van der Waals surface area contributed by atoms with E-state index in [9.17, 15) is 9.18 Å². The summed E-state index contributed by atoms with van der Waals surface area (Å²) in [6.45, 7) is 4.08. The van der Waals surface area contributed by atoms with Crippen molar-refractivity contribution in [2.24, 2.45) is 0 Å². The molecule has 1 fully saturated rings. The third-order valence-electron chi connectivity index (χ3n) is 4.87. The van der Waals surface area contributed by atoms with Gasteiger partial charge < -0.3 is 19.3 Å². The summed E-state index contributed by atoms with van der Waals surface area (Å²) in [5, 5.41) is 0. The highest BCUT2D eigenvalue weighted by Crippen LogP contribution is 2.34. The molecule has 0 aromatic heterocycles. The average Bonchev–Trinajstić information content (AvgIpc) is 2.67. The smallest absolute Gasteiger partial charge is 0.267 e. The Morgan fingerprint density at radius 1 is 0.962 bits per heavy atom. The van der Waals surface area contributed by atoms with Crippen LogP contribution in [-0.4, -0.2) is 49.2 Å². The van der Waals surface area contributed by atoms with Crippen LogP contribution < -0.4 is 14.4 Å². The first-order chi connectivity index (χ1) is 12.6. The van der Waals surface area contributed by atoms with Crippen molar-refractivity contribution in [1.82, 2.24) is 4.90 Å². The van der Waals surface area contributed by atoms with Gasteiger partial charge in [0.05, 0.1) is 5.69 Å². The van der Waals surface area contributed by atoms with Gasteiger partial charge in [0.25, 0.3) is 5.91 Å². The normalized spacial score (nSPS) is 22.2. The minimum atomic E-state index is -0.662. The molecular weight excluding hydrogens is 335 g/mol. The summed E-state index contributed by atoms with van der Waals surface area (Å²) >= 11 is 0. The highest BCUT2D eigenvalue weighted by atomic mass is 19.1. The Bertz CT molecular complexity index is 805. The zero-order valence-corrected chi connectivity index (χ0v) is 14.6. The molecule has 0 bridgehead atoms. The summed E-state index contributed by atoms with van der Waals surface area (Å²) in [5.74, 6) is 0.934. The SMILES string of the molecule is CC1Oc2ccccc2OC1C(=O)N1CCN(c2ccccc2F)CC1. The number of carbonyl (C=O) groups is 1. The van der Waals surface area contributed by atoms with Crippen molar-refractivity contribution in [2.45, 2.75) is 19.1 Å². The van der Waals surface area contributed by atoms with E-state index in [1.165, 1.54) is 6.07 Å². The fraction of sp³-hybridized carbons (Fsp3) is 0.350. The number of fused-ring (bicyclic) bond motifs is 1. The Morgan fingerprint density at radius 3 is 2.27 bits per heavy atom. The topological polar surface area (TPSA) is 42.0 Å². The number of benzene rings is 2. The maximum Gasteiger partial charge on any atom is 0.267 e. The van der Waals surface area contributed by atoms with Crippen LogP contribution in [0.3, 0.4) is 0 Å². The second kappa shape index (κ2) is 6.86. The maximum absolute atomic E-state index is 14.0. The van der Waals surface area contributed by atoms with Crippen LogP contribution in [0, 0.1) is 5.82 Å². The first-order valence-electron chi connectivity index (χ1n) is 8.84. The number of amides is 1. The van der Waals surface area contributed by atoms with E-state index in [4.69, 9.17) is 9.47 Å². The number of hydrogen-bond donors (Lipinski definition) is 0. The molecule has 136 valence electrons. The van der Waals surface area contributed by atoms with Gasteiger partial charge in [-0.3, -0.25) is 4.79 Å². The Labute approximate surface area is 151 Å². The van der Waals surface area contributed by atoms with Crippen LogP contribution in [0.1, 0.15) is 6.92 Å². The lowest BCUT2D eigenvalue weighted by Crippen LogP contribution is -2.56. The maximum atomic E-state index is 14.0. The van der Waals surface area contributed by atoms with E-state index < -0.39 is 6.10 Å². The molecule has 1 saturated heterocycles. The molecule has 2 aromatic carbocycles. The van der Waals surface area contributed by atoms with E-state index in [1.54, 1.807) is 23.1 Å². The van der Waals surface area contributed by atoms with Crippen LogP contribution >= 0.6 is 0 Å². The number of anilines is 1. The lowest BCUT2D eigenvalue weighted by atomic mass is 10.1. The standard InChI is InChI=1S/C20H21FN2O3/c1-14-19(26-18-9-5-4-8-17(18)25-14)20(24)23-12-10-22(11-13-23)16-7-3-2-6-15(16)21/h2-9,14,19H,10-13H2,1H3. The number of carbonyl (C=O) groups excluding carboxylic acids is 1. The minimum Gasteiger partial charge on any atom is -0.482 e. The summed E-state index contributed by atoms with van der Waals surface area (Å²) in [7, 11) is 0.